The van der Waals surface area contributed by atoms with E-state index in [0.717, 1.165) is 23.8 Å². The molecule has 0 radical (unpaired) electrons. The highest BCUT2D eigenvalue weighted by molar-refractivity contribution is 5.91. The van der Waals surface area contributed by atoms with Crippen LogP contribution in [0.25, 0.3) is 6.08 Å². The van der Waals surface area contributed by atoms with Crippen LogP contribution in [0.1, 0.15) is 34.8 Å². The number of ketones is 1. The Morgan fingerprint density at radius 2 is 1.53 bits per heavy atom. The van der Waals surface area contributed by atoms with E-state index >= 15 is 0 Å². The van der Waals surface area contributed by atoms with Crippen LogP contribution in [-0.4, -0.2) is 85.7 Å². The lowest BCUT2D eigenvalue weighted by Gasteiger charge is -2.41. The molecule has 1 aliphatic rings. The Balaban J connectivity index is 1.50. The Morgan fingerprint density at radius 3 is 2.16 bits per heavy atom. The van der Waals surface area contributed by atoms with Gasteiger partial charge in [0.1, 0.15) is 42.2 Å². The standard InChI is InChI=1S/C32H32O13/c1-17(33)2-3-18-6-11-22(12-7-18)43-32-30(45-31(41)20-14-23(35)27(38)24(36)15-20)29(40)28(39)25(44-32)16-42-26(37)13-8-19-4-9-21(34)10-5-19/h4-15,25,28-30,32,34-36,38-40H,2-3,16H2,1H3/t25-,28-,29+,30-,32+/m1/s1. The number of hydrogen-bond acceptors (Lipinski definition) is 13. The number of esters is 2. The van der Waals surface area contributed by atoms with E-state index in [1.54, 1.807) is 36.4 Å². The molecule has 6 N–H and O–H groups in total. The lowest BCUT2D eigenvalue weighted by atomic mass is 9.99. The van der Waals surface area contributed by atoms with Crippen LogP contribution >= 0.6 is 0 Å². The van der Waals surface area contributed by atoms with Crippen molar-refractivity contribution in [2.75, 3.05) is 6.61 Å². The molecule has 238 valence electrons. The molecule has 1 saturated heterocycles. The zero-order valence-electron chi connectivity index (χ0n) is 24.0. The van der Waals surface area contributed by atoms with Crippen molar-refractivity contribution >= 4 is 23.8 Å². The molecule has 3 aromatic rings. The first-order valence-electron chi connectivity index (χ1n) is 13.8. The molecule has 4 rings (SSSR count). The van der Waals surface area contributed by atoms with Gasteiger partial charge >= 0.3 is 11.9 Å². The Morgan fingerprint density at radius 1 is 0.889 bits per heavy atom. The first-order chi connectivity index (χ1) is 21.4. The zero-order chi connectivity index (χ0) is 32.7. The maximum Gasteiger partial charge on any atom is 0.339 e. The molecule has 0 unspecified atom stereocenters. The number of rotatable bonds is 11. The van der Waals surface area contributed by atoms with Crippen molar-refractivity contribution in [2.24, 2.45) is 0 Å². The number of ether oxygens (including phenoxy) is 4. The van der Waals surface area contributed by atoms with E-state index in [1.807, 2.05) is 0 Å². The molecule has 0 saturated carbocycles. The van der Waals surface area contributed by atoms with E-state index in [9.17, 15) is 45.0 Å². The smallest absolute Gasteiger partial charge is 0.339 e. The predicted octanol–water partition coefficient (Wildman–Crippen LogP) is 2.34. The average Bonchev–Trinajstić information content (AvgIpc) is 3.01. The largest absolute Gasteiger partial charge is 0.508 e. The SMILES string of the molecule is CC(=O)CCc1ccc(O[C@H]2O[C@H](COC(=O)C=Cc3ccc(O)cc3)[C@@H](O)[C@H](O)[C@H]2OC(=O)c2cc(O)c(O)c(O)c2)cc1. The molecule has 13 heteroatoms. The van der Waals surface area contributed by atoms with Crippen molar-refractivity contribution < 1.29 is 64.0 Å². The van der Waals surface area contributed by atoms with E-state index in [1.165, 1.54) is 25.1 Å². The second-order valence-electron chi connectivity index (χ2n) is 10.3. The Kier molecular flexibility index (Phi) is 10.6. The third kappa shape index (κ3) is 8.72. The number of carbonyl (C=O) groups excluding carboxylic acids is 3. The fourth-order valence-electron chi connectivity index (χ4n) is 4.33. The van der Waals surface area contributed by atoms with Gasteiger partial charge in [0, 0.05) is 12.5 Å². The number of phenols is 4. The first kappa shape index (κ1) is 32.8. The van der Waals surface area contributed by atoms with Gasteiger partial charge in [0.05, 0.1) is 5.56 Å². The van der Waals surface area contributed by atoms with Gasteiger partial charge in [-0.3, -0.25) is 0 Å². The maximum absolute atomic E-state index is 12.9. The Labute approximate surface area is 257 Å². The monoisotopic (exact) mass is 624 g/mol. The number of Topliss-reactive ketones (excluding diaryl/α,β-unsaturated/α-hetero) is 1. The van der Waals surface area contributed by atoms with E-state index in [2.05, 4.69) is 0 Å². The summed E-state index contributed by atoms with van der Waals surface area (Å²) in [5.41, 5.74) is 1.06. The van der Waals surface area contributed by atoms with Crippen LogP contribution in [0.4, 0.5) is 0 Å². The van der Waals surface area contributed by atoms with E-state index in [-0.39, 0.29) is 17.3 Å². The normalized spacial score (nSPS) is 21.3. The van der Waals surface area contributed by atoms with Gasteiger partial charge in [-0.1, -0.05) is 24.3 Å². The summed E-state index contributed by atoms with van der Waals surface area (Å²) in [6.45, 7) is 0.959. The van der Waals surface area contributed by atoms with E-state index < -0.39 is 72.1 Å². The van der Waals surface area contributed by atoms with Gasteiger partial charge in [-0.15, -0.1) is 0 Å². The van der Waals surface area contributed by atoms with Crippen LogP contribution in [0.3, 0.4) is 0 Å². The fraction of sp³-hybridized carbons (Fsp3) is 0.281. The third-order valence-corrected chi connectivity index (χ3v) is 6.83. The van der Waals surface area contributed by atoms with Crippen LogP contribution in [0.5, 0.6) is 28.7 Å². The number of phenolic OH excluding ortho intramolecular Hbond substituents is 4. The minimum atomic E-state index is -1.82. The number of aliphatic hydroxyl groups excluding tert-OH is 2. The van der Waals surface area contributed by atoms with Gasteiger partial charge < -0.3 is 54.4 Å². The molecule has 45 heavy (non-hydrogen) atoms. The molecule has 0 spiro atoms. The topological polar surface area (TPSA) is 210 Å². The van der Waals surface area contributed by atoms with Crippen LogP contribution in [0.2, 0.25) is 0 Å². The first-order valence-corrected chi connectivity index (χ1v) is 13.8. The highest BCUT2D eigenvalue weighted by Gasteiger charge is 2.48. The summed E-state index contributed by atoms with van der Waals surface area (Å²) in [6, 6.07) is 14.2. The van der Waals surface area contributed by atoms with E-state index in [0.29, 0.717) is 18.4 Å². The summed E-state index contributed by atoms with van der Waals surface area (Å²) in [4.78, 5) is 36.5. The van der Waals surface area contributed by atoms with Crippen LogP contribution in [0.15, 0.2) is 66.7 Å². The van der Waals surface area contributed by atoms with Gasteiger partial charge in [-0.2, -0.15) is 0 Å². The van der Waals surface area contributed by atoms with Crippen molar-refractivity contribution in [1.29, 1.82) is 0 Å². The van der Waals surface area contributed by atoms with Gasteiger partial charge in [0.15, 0.2) is 23.4 Å². The summed E-state index contributed by atoms with van der Waals surface area (Å²) in [6.07, 6.45) is -4.69. The molecule has 3 aromatic carbocycles. The van der Waals surface area contributed by atoms with Gasteiger partial charge in [-0.25, -0.2) is 9.59 Å². The van der Waals surface area contributed by atoms with Crippen LogP contribution in [-0.2, 0) is 30.2 Å². The molecular formula is C32H32O13. The number of benzene rings is 3. The predicted molar refractivity (Wildman–Crippen MR) is 155 cm³/mol. The second kappa shape index (κ2) is 14.6. The minimum Gasteiger partial charge on any atom is -0.508 e. The number of aromatic hydroxyl groups is 4. The minimum absolute atomic E-state index is 0.0287. The van der Waals surface area contributed by atoms with Gasteiger partial charge in [-0.05, 0) is 66.9 Å². The highest BCUT2D eigenvalue weighted by atomic mass is 16.7. The van der Waals surface area contributed by atoms with Crippen molar-refractivity contribution in [3.63, 3.8) is 0 Å². The van der Waals surface area contributed by atoms with Crippen molar-refractivity contribution in [2.45, 2.75) is 50.5 Å². The van der Waals surface area contributed by atoms with Crippen molar-refractivity contribution in [3.8, 4) is 28.7 Å². The molecule has 5 atom stereocenters. The number of aliphatic hydroxyl groups is 2. The molecule has 0 amide bonds. The number of aryl methyl sites for hydroxylation is 1. The maximum atomic E-state index is 12.9. The molecule has 13 nitrogen and oxygen atoms in total. The highest BCUT2D eigenvalue weighted by Crippen LogP contribution is 2.36. The summed E-state index contributed by atoms with van der Waals surface area (Å²) in [5, 5.41) is 60.3. The summed E-state index contributed by atoms with van der Waals surface area (Å²) in [7, 11) is 0. The molecule has 1 aliphatic heterocycles. The molecule has 0 bridgehead atoms. The zero-order valence-corrected chi connectivity index (χ0v) is 24.0. The van der Waals surface area contributed by atoms with Gasteiger partial charge in [0.25, 0.3) is 0 Å². The number of carbonyl (C=O) groups is 3. The van der Waals surface area contributed by atoms with Crippen molar-refractivity contribution in [1.82, 2.24) is 0 Å². The molecular weight excluding hydrogens is 592 g/mol. The van der Waals surface area contributed by atoms with E-state index in [4.69, 9.17) is 18.9 Å². The Hall–Kier alpha value is -5.11. The molecule has 0 aromatic heterocycles. The molecule has 1 fully saturated rings. The van der Waals surface area contributed by atoms with Crippen LogP contribution in [0, 0.1) is 0 Å². The lowest BCUT2D eigenvalue weighted by molar-refractivity contribution is -0.277. The fourth-order valence-corrected chi connectivity index (χ4v) is 4.33. The van der Waals surface area contributed by atoms with Crippen LogP contribution < -0.4 is 4.74 Å². The lowest BCUT2D eigenvalue weighted by Crippen LogP contribution is -2.61. The summed E-state index contributed by atoms with van der Waals surface area (Å²) >= 11 is 0. The number of hydrogen-bond donors (Lipinski definition) is 6. The average molecular weight is 625 g/mol. The third-order valence-electron chi connectivity index (χ3n) is 6.83. The summed E-state index contributed by atoms with van der Waals surface area (Å²) in [5.74, 6) is -4.13. The van der Waals surface area contributed by atoms with Crippen molar-refractivity contribution in [3.05, 3.63) is 83.4 Å². The second-order valence-corrected chi connectivity index (χ2v) is 10.3. The summed E-state index contributed by atoms with van der Waals surface area (Å²) < 4.78 is 22.2. The van der Waals surface area contributed by atoms with Gasteiger partial charge in [0.2, 0.25) is 6.29 Å². The molecule has 1 heterocycles. The molecule has 0 aliphatic carbocycles. The Bertz CT molecular complexity index is 1510. The quantitative estimate of drug-likeness (QED) is 0.103.